The van der Waals surface area contributed by atoms with E-state index in [4.69, 9.17) is 9.47 Å². The quantitative estimate of drug-likeness (QED) is 0.566. The van der Waals surface area contributed by atoms with Gasteiger partial charge in [0, 0.05) is 6.42 Å². The van der Waals surface area contributed by atoms with Crippen LogP contribution in [0.15, 0.2) is 11.1 Å². The van der Waals surface area contributed by atoms with Crippen LogP contribution in [0.4, 0.5) is 0 Å². The monoisotopic (exact) mass is 302 g/mol. The number of rotatable bonds is 2. The highest BCUT2D eigenvalue weighted by atomic mass is 79.9. The third-order valence-corrected chi connectivity index (χ3v) is 5.41. The molecule has 3 heteroatoms. The van der Waals surface area contributed by atoms with Crippen molar-refractivity contribution in [3.05, 3.63) is 11.1 Å². The summed E-state index contributed by atoms with van der Waals surface area (Å²) in [5, 5.41) is 0. The summed E-state index contributed by atoms with van der Waals surface area (Å²) >= 11 is 3.79. The Morgan fingerprint density at radius 3 is 2.41 bits per heavy atom. The fraction of sp³-hybridized carbons (Fsp3) is 0.857. The molecule has 0 N–H and O–H groups in total. The Morgan fingerprint density at radius 1 is 1.29 bits per heavy atom. The Balaban J connectivity index is 2.38. The molecule has 1 atom stereocenters. The summed E-state index contributed by atoms with van der Waals surface area (Å²) in [6, 6.07) is 0. The van der Waals surface area contributed by atoms with Crippen molar-refractivity contribution in [1.29, 1.82) is 0 Å². The van der Waals surface area contributed by atoms with Crippen LogP contribution < -0.4 is 0 Å². The molecule has 0 saturated carbocycles. The van der Waals surface area contributed by atoms with Crippen LogP contribution in [0.1, 0.15) is 47.0 Å². The van der Waals surface area contributed by atoms with Crippen LogP contribution in [0, 0.1) is 5.41 Å². The highest BCUT2D eigenvalue weighted by molar-refractivity contribution is 9.09. The molecule has 98 valence electrons. The Hall–Kier alpha value is 0.140. The molecule has 0 radical (unpaired) electrons. The van der Waals surface area contributed by atoms with Gasteiger partial charge in [-0.25, -0.2) is 0 Å². The summed E-state index contributed by atoms with van der Waals surface area (Å²) in [5.74, 6) is -0.426. The van der Waals surface area contributed by atoms with Crippen molar-refractivity contribution in [2.45, 2.75) is 57.6 Å². The van der Waals surface area contributed by atoms with Crippen LogP contribution in [0.5, 0.6) is 0 Å². The lowest BCUT2D eigenvalue weighted by atomic mass is 9.69. The van der Waals surface area contributed by atoms with E-state index in [1.807, 2.05) is 0 Å². The van der Waals surface area contributed by atoms with E-state index in [0.29, 0.717) is 13.2 Å². The molecule has 1 aliphatic carbocycles. The van der Waals surface area contributed by atoms with Gasteiger partial charge in [0.2, 0.25) is 0 Å². The summed E-state index contributed by atoms with van der Waals surface area (Å²) in [6.45, 7) is 10.5. The van der Waals surface area contributed by atoms with Crippen LogP contribution in [0.3, 0.4) is 0 Å². The van der Waals surface area contributed by atoms with Gasteiger partial charge in [-0.15, -0.1) is 0 Å². The third-order valence-electron chi connectivity index (χ3n) is 4.02. The molecule has 1 spiro atoms. The second-order valence-electron chi connectivity index (χ2n) is 5.84. The molecule has 1 heterocycles. The van der Waals surface area contributed by atoms with Gasteiger partial charge in [-0.2, -0.15) is 0 Å². The minimum absolute atomic E-state index is 0.175. The predicted octanol–water partition coefficient (Wildman–Crippen LogP) is 4.04. The van der Waals surface area contributed by atoms with Crippen molar-refractivity contribution in [2.75, 3.05) is 13.2 Å². The standard InChI is InChI=1S/C14H23BrO2/c1-5-6-11-10(2)12(15)14(9-13(11,3)4)16-7-8-17-14/h12H,5-9H2,1-4H3. The van der Waals surface area contributed by atoms with Crippen LogP contribution >= 0.6 is 15.9 Å². The summed E-state index contributed by atoms with van der Waals surface area (Å²) in [5.41, 5.74) is 3.16. The largest absolute Gasteiger partial charge is 0.346 e. The van der Waals surface area contributed by atoms with E-state index < -0.39 is 5.79 Å². The first kappa shape index (κ1) is 13.6. The van der Waals surface area contributed by atoms with E-state index in [2.05, 4.69) is 43.6 Å². The second-order valence-corrected chi connectivity index (χ2v) is 6.76. The van der Waals surface area contributed by atoms with Crippen molar-refractivity contribution in [3.8, 4) is 0 Å². The fourth-order valence-electron chi connectivity index (χ4n) is 3.33. The predicted molar refractivity (Wildman–Crippen MR) is 73.4 cm³/mol. The van der Waals surface area contributed by atoms with Crippen molar-refractivity contribution < 1.29 is 9.47 Å². The first-order valence-corrected chi connectivity index (χ1v) is 7.46. The summed E-state index contributed by atoms with van der Waals surface area (Å²) < 4.78 is 11.8. The van der Waals surface area contributed by atoms with Gasteiger partial charge in [0.15, 0.2) is 5.79 Å². The first-order valence-electron chi connectivity index (χ1n) is 6.55. The zero-order valence-corrected chi connectivity index (χ0v) is 12.9. The molecule has 1 saturated heterocycles. The zero-order valence-electron chi connectivity index (χ0n) is 11.3. The van der Waals surface area contributed by atoms with Gasteiger partial charge in [-0.3, -0.25) is 0 Å². The highest BCUT2D eigenvalue weighted by Crippen LogP contribution is 2.52. The molecule has 0 aromatic rings. The van der Waals surface area contributed by atoms with Crippen molar-refractivity contribution in [1.82, 2.24) is 0 Å². The molecule has 1 unspecified atom stereocenters. The normalized spacial score (nSPS) is 31.2. The van der Waals surface area contributed by atoms with E-state index in [1.165, 1.54) is 18.4 Å². The lowest BCUT2D eigenvalue weighted by Gasteiger charge is -2.46. The SMILES string of the molecule is CCCC1=C(C)C(Br)C2(CC1(C)C)OCCO2. The molecule has 1 aliphatic heterocycles. The summed E-state index contributed by atoms with van der Waals surface area (Å²) in [6.07, 6.45) is 3.32. The van der Waals surface area contributed by atoms with Crippen molar-refractivity contribution in [3.63, 3.8) is 0 Å². The molecule has 2 aliphatic rings. The van der Waals surface area contributed by atoms with Gasteiger partial charge in [0.05, 0.1) is 18.0 Å². The average Bonchev–Trinajstić information content (AvgIpc) is 2.70. The number of hydrogen-bond acceptors (Lipinski definition) is 2. The van der Waals surface area contributed by atoms with E-state index >= 15 is 0 Å². The van der Waals surface area contributed by atoms with Crippen LogP contribution in [-0.2, 0) is 9.47 Å². The molecular formula is C14H23BrO2. The Bertz CT molecular complexity index is 327. The molecule has 17 heavy (non-hydrogen) atoms. The molecule has 0 aromatic carbocycles. The zero-order chi connectivity index (χ0) is 12.7. The molecule has 0 aromatic heterocycles. The smallest absolute Gasteiger partial charge is 0.185 e. The molecule has 2 nitrogen and oxygen atoms in total. The van der Waals surface area contributed by atoms with Crippen LogP contribution in [-0.4, -0.2) is 23.8 Å². The van der Waals surface area contributed by atoms with Gasteiger partial charge in [0.25, 0.3) is 0 Å². The molecule has 0 amide bonds. The Labute approximate surface area is 113 Å². The maximum Gasteiger partial charge on any atom is 0.185 e. The number of hydrogen-bond donors (Lipinski definition) is 0. The van der Waals surface area contributed by atoms with Gasteiger partial charge >= 0.3 is 0 Å². The van der Waals surface area contributed by atoms with Gasteiger partial charge in [-0.05, 0) is 18.8 Å². The molecule has 2 rings (SSSR count). The lowest BCUT2D eigenvalue weighted by molar-refractivity contribution is -0.173. The van der Waals surface area contributed by atoms with Gasteiger partial charge < -0.3 is 9.47 Å². The topological polar surface area (TPSA) is 18.5 Å². The third kappa shape index (κ3) is 2.22. The molecule has 1 fully saturated rings. The van der Waals surface area contributed by atoms with E-state index in [0.717, 1.165) is 6.42 Å². The minimum Gasteiger partial charge on any atom is -0.346 e. The fourth-order valence-corrected chi connectivity index (χ4v) is 4.04. The summed E-state index contributed by atoms with van der Waals surface area (Å²) in [4.78, 5) is 0.201. The number of allylic oxidation sites excluding steroid dienone is 1. The summed E-state index contributed by atoms with van der Waals surface area (Å²) in [7, 11) is 0. The number of halogens is 1. The van der Waals surface area contributed by atoms with E-state index in [9.17, 15) is 0 Å². The number of ether oxygens (including phenoxy) is 2. The number of alkyl halides is 1. The minimum atomic E-state index is -0.426. The van der Waals surface area contributed by atoms with Crippen molar-refractivity contribution >= 4 is 15.9 Å². The van der Waals surface area contributed by atoms with Gasteiger partial charge in [-0.1, -0.05) is 54.3 Å². The maximum absolute atomic E-state index is 5.92. The van der Waals surface area contributed by atoms with Crippen LogP contribution in [0.2, 0.25) is 0 Å². The highest BCUT2D eigenvalue weighted by Gasteiger charge is 2.52. The van der Waals surface area contributed by atoms with E-state index in [1.54, 1.807) is 5.57 Å². The first-order chi connectivity index (χ1) is 7.93. The molecule has 0 bridgehead atoms. The molecular weight excluding hydrogens is 280 g/mol. The Kier molecular flexibility index (Phi) is 3.73. The van der Waals surface area contributed by atoms with E-state index in [-0.39, 0.29) is 10.2 Å². The average molecular weight is 303 g/mol. The maximum atomic E-state index is 5.92. The van der Waals surface area contributed by atoms with Crippen LogP contribution in [0.25, 0.3) is 0 Å². The Morgan fingerprint density at radius 2 is 1.88 bits per heavy atom. The van der Waals surface area contributed by atoms with Crippen molar-refractivity contribution in [2.24, 2.45) is 5.41 Å². The second kappa shape index (κ2) is 4.67. The van der Waals surface area contributed by atoms with Gasteiger partial charge in [0.1, 0.15) is 0 Å². The lowest BCUT2D eigenvalue weighted by Crippen LogP contribution is -2.49.